The number of ether oxygens (including phenoxy) is 1. The van der Waals surface area contributed by atoms with E-state index in [2.05, 4.69) is 20.0 Å². The van der Waals surface area contributed by atoms with Gasteiger partial charge < -0.3 is 4.74 Å². The van der Waals surface area contributed by atoms with Crippen molar-refractivity contribution in [2.75, 3.05) is 13.7 Å². The van der Waals surface area contributed by atoms with Crippen LogP contribution in [0, 0.1) is 6.92 Å². The summed E-state index contributed by atoms with van der Waals surface area (Å²) in [6.07, 6.45) is 4.38. The maximum Gasteiger partial charge on any atom is 0.352 e. The first-order valence-electron chi connectivity index (χ1n) is 10.7. The average molecular weight is 479 g/mol. The fraction of sp³-hybridized carbons (Fsp3) is 0.304. The summed E-state index contributed by atoms with van der Waals surface area (Å²) < 4.78 is 8.54. The van der Waals surface area contributed by atoms with Crippen LogP contribution in [0.1, 0.15) is 25.9 Å². The molecule has 1 aliphatic rings. The number of aromatic nitrogens is 5. The number of nitrogens with zero attached hydrogens (tertiary/aromatic N) is 6. The Kier molecular flexibility index (Phi) is 5.01. The van der Waals surface area contributed by atoms with Crippen molar-refractivity contribution < 1.29 is 4.74 Å². The fourth-order valence-electron chi connectivity index (χ4n) is 4.50. The van der Waals surface area contributed by atoms with Crippen LogP contribution in [0.5, 0.6) is 5.75 Å². The van der Waals surface area contributed by atoms with Gasteiger partial charge in [-0.1, -0.05) is 12.1 Å². The van der Waals surface area contributed by atoms with Crippen LogP contribution in [0.2, 0.25) is 0 Å². The summed E-state index contributed by atoms with van der Waals surface area (Å²) in [6, 6.07) is 7.83. The lowest BCUT2D eigenvalue weighted by Gasteiger charge is -2.26. The van der Waals surface area contributed by atoms with Crippen LogP contribution in [-0.4, -0.2) is 42.7 Å². The summed E-state index contributed by atoms with van der Waals surface area (Å²) in [7, 11) is 1.65. The molecule has 1 aromatic carbocycles. The molecule has 0 bridgehead atoms. The number of hydrogen-bond acceptors (Lipinski definition) is 8. The zero-order valence-electron chi connectivity index (χ0n) is 18.3. The molecule has 0 N–H and O–H groups in total. The molecule has 0 unspecified atom stereocenters. The molecule has 0 saturated heterocycles. The highest BCUT2D eigenvalue weighted by molar-refractivity contribution is 7.19. The van der Waals surface area contributed by atoms with Gasteiger partial charge in [-0.2, -0.15) is 9.61 Å². The fourth-order valence-corrected chi connectivity index (χ4v) is 6.72. The van der Waals surface area contributed by atoms with Crippen LogP contribution >= 0.6 is 22.7 Å². The summed E-state index contributed by atoms with van der Waals surface area (Å²) in [5, 5.41) is 6.40. The molecular weight excluding hydrogens is 456 g/mol. The number of thiazole rings is 1. The second kappa shape index (κ2) is 8.05. The summed E-state index contributed by atoms with van der Waals surface area (Å²) in [5.41, 5.74) is 2.83. The largest absolute Gasteiger partial charge is 0.497 e. The third-order valence-corrected chi connectivity index (χ3v) is 8.23. The molecule has 1 aliphatic heterocycles. The van der Waals surface area contributed by atoms with E-state index in [1.165, 1.54) is 26.2 Å². The predicted molar refractivity (Wildman–Crippen MR) is 129 cm³/mol. The summed E-state index contributed by atoms with van der Waals surface area (Å²) in [4.78, 5) is 28.2. The maximum atomic E-state index is 13.3. The Bertz CT molecular complexity index is 1530. The van der Waals surface area contributed by atoms with Crippen molar-refractivity contribution in [2.24, 2.45) is 0 Å². The number of benzene rings is 1. The minimum Gasteiger partial charge on any atom is -0.497 e. The molecule has 0 amide bonds. The molecule has 168 valence electrons. The van der Waals surface area contributed by atoms with Gasteiger partial charge in [0.15, 0.2) is 5.65 Å². The SMILES string of the molecule is COc1ccc(Cn2c(=O)n3ncnc3c3c4c(sc32)CN(Cc2cnc(C)s2)CC4)cc1. The van der Waals surface area contributed by atoms with E-state index >= 15 is 0 Å². The molecule has 33 heavy (non-hydrogen) atoms. The van der Waals surface area contributed by atoms with E-state index < -0.39 is 0 Å². The van der Waals surface area contributed by atoms with Crippen molar-refractivity contribution in [1.29, 1.82) is 0 Å². The molecule has 0 saturated carbocycles. The Morgan fingerprint density at radius 3 is 2.73 bits per heavy atom. The van der Waals surface area contributed by atoms with Crippen molar-refractivity contribution in [1.82, 2.24) is 29.0 Å². The van der Waals surface area contributed by atoms with Crippen molar-refractivity contribution in [2.45, 2.75) is 33.0 Å². The molecule has 5 aromatic rings. The number of aryl methyl sites for hydroxylation is 1. The average Bonchev–Trinajstić information content (AvgIpc) is 3.55. The molecule has 0 radical (unpaired) electrons. The van der Waals surface area contributed by atoms with Gasteiger partial charge in [0.05, 0.1) is 24.0 Å². The molecule has 0 fully saturated rings. The van der Waals surface area contributed by atoms with Gasteiger partial charge in [-0.3, -0.25) is 9.47 Å². The van der Waals surface area contributed by atoms with E-state index in [0.29, 0.717) is 12.2 Å². The quantitative estimate of drug-likeness (QED) is 0.385. The van der Waals surface area contributed by atoms with Gasteiger partial charge in [0.1, 0.15) is 16.9 Å². The monoisotopic (exact) mass is 478 g/mol. The van der Waals surface area contributed by atoms with Crippen molar-refractivity contribution in [3.63, 3.8) is 0 Å². The van der Waals surface area contributed by atoms with Crippen LogP contribution in [0.15, 0.2) is 41.6 Å². The van der Waals surface area contributed by atoms with Crippen LogP contribution < -0.4 is 10.4 Å². The van der Waals surface area contributed by atoms with Gasteiger partial charge in [-0.25, -0.2) is 14.8 Å². The number of fused-ring (bicyclic) bond motifs is 5. The molecule has 0 aliphatic carbocycles. The van der Waals surface area contributed by atoms with Gasteiger partial charge in [0.2, 0.25) is 0 Å². The lowest BCUT2D eigenvalue weighted by Crippen LogP contribution is -2.29. The Morgan fingerprint density at radius 1 is 1.12 bits per heavy atom. The molecule has 5 heterocycles. The third-order valence-electron chi connectivity index (χ3n) is 6.09. The molecule has 10 heteroatoms. The van der Waals surface area contributed by atoms with Gasteiger partial charge in [-0.05, 0) is 36.6 Å². The zero-order chi connectivity index (χ0) is 22.5. The minimum absolute atomic E-state index is 0.165. The molecule has 8 nitrogen and oxygen atoms in total. The highest BCUT2D eigenvalue weighted by Crippen LogP contribution is 2.37. The van der Waals surface area contributed by atoms with Gasteiger partial charge in [0, 0.05) is 35.6 Å². The molecule has 0 atom stereocenters. The highest BCUT2D eigenvalue weighted by atomic mass is 32.1. The van der Waals surface area contributed by atoms with E-state index in [9.17, 15) is 4.79 Å². The minimum atomic E-state index is -0.165. The number of thiophene rings is 1. The number of hydrogen-bond donors (Lipinski definition) is 0. The lowest BCUT2D eigenvalue weighted by molar-refractivity contribution is 0.251. The zero-order valence-corrected chi connectivity index (χ0v) is 19.9. The normalized spacial score (nSPS) is 14.2. The van der Waals surface area contributed by atoms with E-state index in [0.717, 1.165) is 52.6 Å². The molecule has 6 rings (SSSR count). The van der Waals surface area contributed by atoms with E-state index in [4.69, 9.17) is 4.74 Å². The Balaban J connectivity index is 1.43. The molecule has 4 aromatic heterocycles. The first-order chi connectivity index (χ1) is 16.1. The second-order valence-electron chi connectivity index (χ2n) is 8.20. The van der Waals surface area contributed by atoms with Gasteiger partial charge in [0.25, 0.3) is 0 Å². The standard InChI is InChI=1S/C23H22N6O2S2/c1-14-24-9-17(32-14)11-27-8-7-18-19(12-27)33-22-20(18)21-25-13-26-29(21)23(30)28(22)10-15-3-5-16(31-2)6-4-15/h3-6,9,13H,7-8,10-12H2,1-2H3. The lowest BCUT2D eigenvalue weighted by atomic mass is 10.1. The summed E-state index contributed by atoms with van der Waals surface area (Å²) in [6.45, 7) is 5.24. The Hall–Kier alpha value is -3.08. The van der Waals surface area contributed by atoms with E-state index in [1.54, 1.807) is 29.8 Å². The summed E-state index contributed by atoms with van der Waals surface area (Å²) >= 11 is 3.46. The van der Waals surface area contributed by atoms with E-state index in [1.807, 2.05) is 42.0 Å². The number of methoxy groups -OCH3 is 1. The van der Waals surface area contributed by atoms with Crippen LogP contribution in [0.4, 0.5) is 0 Å². The van der Waals surface area contributed by atoms with Crippen molar-refractivity contribution >= 4 is 38.5 Å². The van der Waals surface area contributed by atoms with E-state index in [-0.39, 0.29) is 5.69 Å². The molecule has 0 spiro atoms. The van der Waals surface area contributed by atoms with Gasteiger partial charge >= 0.3 is 5.69 Å². The van der Waals surface area contributed by atoms with Crippen LogP contribution in [0.3, 0.4) is 0 Å². The predicted octanol–water partition coefficient (Wildman–Crippen LogP) is 3.49. The van der Waals surface area contributed by atoms with Crippen LogP contribution in [-0.2, 0) is 26.1 Å². The van der Waals surface area contributed by atoms with Crippen LogP contribution in [0.25, 0.3) is 15.9 Å². The highest BCUT2D eigenvalue weighted by Gasteiger charge is 2.26. The third kappa shape index (κ3) is 3.54. The first kappa shape index (κ1) is 20.5. The van der Waals surface area contributed by atoms with Gasteiger partial charge in [-0.15, -0.1) is 22.7 Å². The first-order valence-corrected chi connectivity index (χ1v) is 12.4. The number of rotatable bonds is 5. The van der Waals surface area contributed by atoms with Crippen molar-refractivity contribution in [3.8, 4) is 5.75 Å². The smallest absolute Gasteiger partial charge is 0.352 e. The Labute approximate surface area is 197 Å². The van der Waals surface area contributed by atoms with Crippen molar-refractivity contribution in [3.05, 3.63) is 73.2 Å². The topological polar surface area (TPSA) is 77.5 Å². The Morgan fingerprint density at radius 2 is 1.97 bits per heavy atom. The maximum absolute atomic E-state index is 13.3. The summed E-state index contributed by atoms with van der Waals surface area (Å²) in [5.74, 6) is 0.797. The molecular formula is C23H22N6O2S2. The second-order valence-corrected chi connectivity index (χ2v) is 10.6.